The van der Waals surface area contributed by atoms with Gasteiger partial charge in [0.15, 0.2) is 17.2 Å². The van der Waals surface area contributed by atoms with Gasteiger partial charge in [0, 0.05) is 91.0 Å². The van der Waals surface area contributed by atoms with Gasteiger partial charge in [0.1, 0.15) is 40.3 Å². The van der Waals surface area contributed by atoms with Crippen LogP contribution in [0.3, 0.4) is 0 Å². The Morgan fingerprint density at radius 1 is 0.542 bits per heavy atom. The van der Waals surface area contributed by atoms with Crippen LogP contribution in [0.2, 0.25) is 0 Å². The summed E-state index contributed by atoms with van der Waals surface area (Å²) in [4.78, 5) is 53.2. The molecule has 482 valence electrons. The number of rotatable bonds is 18. The van der Waals surface area contributed by atoms with Crippen LogP contribution in [0.5, 0.6) is 51.7 Å². The highest BCUT2D eigenvalue weighted by Gasteiger charge is 2.26. The second-order valence-corrected chi connectivity index (χ2v) is 25.6. The van der Waals surface area contributed by atoms with Crippen LogP contribution in [0.15, 0.2) is 206 Å². The number of phenols is 3. The van der Waals surface area contributed by atoms with Crippen LogP contribution < -0.4 is 14.2 Å². The molecule has 0 atom stereocenters. The molecule has 15 nitrogen and oxygen atoms in total. The highest BCUT2D eigenvalue weighted by molar-refractivity contribution is 7.23. The number of pyridine rings is 1. The number of benzene rings is 8. The number of aryl methyl sites for hydroxylation is 1. The van der Waals surface area contributed by atoms with E-state index in [0.29, 0.717) is 65.3 Å². The number of hydrogen-bond donors (Lipinski definition) is 6. The number of nitrogens with zero attached hydrogens (tertiary/aromatic N) is 2. The van der Waals surface area contributed by atoms with Crippen molar-refractivity contribution in [1.29, 1.82) is 0 Å². The van der Waals surface area contributed by atoms with Crippen molar-refractivity contribution in [1.82, 2.24) is 9.88 Å². The van der Waals surface area contributed by atoms with Crippen LogP contribution in [0.1, 0.15) is 66.1 Å². The molecule has 6 N–H and O–H groups in total. The summed E-state index contributed by atoms with van der Waals surface area (Å²) in [6.07, 6.45) is 10.9. The van der Waals surface area contributed by atoms with Crippen molar-refractivity contribution in [3.05, 3.63) is 246 Å². The zero-order valence-electron chi connectivity index (χ0n) is 51.8. The molecule has 19 heteroatoms. The van der Waals surface area contributed by atoms with Crippen molar-refractivity contribution in [2.75, 3.05) is 6.54 Å². The number of aromatic nitrogens is 1. The number of carboxylic acids is 3. The molecule has 96 heavy (non-hydrogen) atoms. The molecule has 4 aromatic heterocycles. The maximum atomic E-state index is 14.3. The number of hydrogen-bond acceptors (Lipinski definition) is 14. The molecule has 0 aliphatic carbocycles. The summed E-state index contributed by atoms with van der Waals surface area (Å²) in [5.41, 5.74) is 7.88. The third kappa shape index (κ3) is 16.1. The lowest BCUT2D eigenvalue weighted by molar-refractivity contribution is -0.132. The van der Waals surface area contributed by atoms with Crippen LogP contribution in [-0.2, 0) is 25.7 Å². The SMILES string of the molecule is CC(C)c1cccc(-c2sc3cc(O)ccc3c2Oc2ccc(/C=C/C(=O)O)cc2)c1.Cc1ncccc1-c1sc2cc(O)ccc2c1Oc1ccc(/C=C/C(=O)O)cc1.O=C(O)/C=C/c1ccc(Oc2c(-c3ccc(F)cc3CN3CCCC3=O)sc3cc(O)ccc23)cc1. The van der Waals surface area contributed by atoms with Gasteiger partial charge < -0.3 is 49.7 Å². The molecule has 8 aromatic carbocycles. The fourth-order valence-corrected chi connectivity index (χ4v) is 14.2. The third-order valence-corrected chi connectivity index (χ3v) is 18.9. The molecule has 0 unspecified atom stereocenters. The van der Waals surface area contributed by atoms with Gasteiger partial charge in [-0.2, -0.15) is 0 Å². The number of amides is 1. The standard InChI is InChI=1S/C28H22FNO5S.C26H22O4S.C23H17NO4S/c29-19-6-10-22(18(14-19)16-30-13-1-2-25(30)32)28-27(23-11-7-20(31)15-24(23)36-28)35-21-8-3-17(4-9-21)5-12-26(33)34;1-16(2)18-4-3-5-19(14-18)26-25(22-12-9-20(27)15-23(22)31-26)30-21-10-6-17(7-11-21)8-13-24(28)29;1-14-18(3-2-12-24-14)23-22(19-10-7-16(25)13-20(19)29-23)28-17-8-4-15(5-9-17)6-11-21(26)27/h3-12,14-15,31H,1-2,13,16H2,(H,33,34);3-16,27H,1-2H3,(H,28,29);2-13,25H,1H3,(H,26,27)/b12-5+;13-8+;11-6+. The Morgan fingerprint density at radius 3 is 1.42 bits per heavy atom. The van der Waals surface area contributed by atoms with Gasteiger partial charge in [-0.25, -0.2) is 18.8 Å². The second kappa shape index (κ2) is 29.7. The van der Waals surface area contributed by atoms with E-state index in [0.717, 1.165) is 109 Å². The zero-order valence-corrected chi connectivity index (χ0v) is 54.3. The average Bonchev–Trinajstić information content (AvgIpc) is 1.64. The molecule has 5 heterocycles. The molecule has 0 bridgehead atoms. The molecular weight excluding hydrogens is 1280 g/mol. The lowest BCUT2D eigenvalue weighted by Crippen LogP contribution is -2.24. The highest BCUT2D eigenvalue weighted by Crippen LogP contribution is 2.51. The van der Waals surface area contributed by atoms with E-state index in [2.05, 4.69) is 43.1 Å². The van der Waals surface area contributed by atoms with Crippen molar-refractivity contribution >= 4 is 106 Å². The first-order chi connectivity index (χ1) is 46.3. The summed E-state index contributed by atoms with van der Waals surface area (Å²) in [6.45, 7) is 7.22. The Bertz CT molecular complexity index is 4970. The van der Waals surface area contributed by atoms with Gasteiger partial charge in [-0.15, -0.1) is 34.0 Å². The summed E-state index contributed by atoms with van der Waals surface area (Å²) in [6, 6.07) is 53.8. The Balaban J connectivity index is 0.000000147. The van der Waals surface area contributed by atoms with E-state index in [1.54, 1.807) is 119 Å². The first kappa shape index (κ1) is 66.1. The smallest absolute Gasteiger partial charge is 0.328 e. The largest absolute Gasteiger partial charge is 0.508 e. The predicted molar refractivity (Wildman–Crippen MR) is 378 cm³/mol. The van der Waals surface area contributed by atoms with E-state index in [4.69, 9.17) is 29.5 Å². The Kier molecular flexibility index (Phi) is 20.4. The number of aliphatic carboxylic acids is 3. The van der Waals surface area contributed by atoms with Gasteiger partial charge in [0.05, 0.1) is 14.6 Å². The normalized spacial score (nSPS) is 12.2. The molecule has 1 aliphatic rings. The van der Waals surface area contributed by atoms with Crippen LogP contribution in [0, 0.1) is 12.7 Å². The molecule has 13 rings (SSSR count). The molecule has 0 radical (unpaired) electrons. The molecule has 1 fully saturated rings. The monoisotopic (exact) mass is 1340 g/mol. The van der Waals surface area contributed by atoms with Crippen molar-refractivity contribution in [2.24, 2.45) is 0 Å². The maximum absolute atomic E-state index is 14.3. The van der Waals surface area contributed by atoms with Gasteiger partial charge in [-0.1, -0.05) is 80.6 Å². The van der Waals surface area contributed by atoms with E-state index in [1.165, 1.54) is 58.6 Å². The second-order valence-electron chi connectivity index (χ2n) is 22.5. The molecule has 1 saturated heterocycles. The fourth-order valence-electron chi connectivity index (χ4n) is 10.6. The van der Waals surface area contributed by atoms with Gasteiger partial charge in [-0.3, -0.25) is 9.78 Å². The Hall–Kier alpha value is -11.4. The molecular formula is C77H61FN2O13S3. The predicted octanol–water partition coefficient (Wildman–Crippen LogP) is 19.6. The lowest BCUT2D eigenvalue weighted by atomic mass is 10.00. The van der Waals surface area contributed by atoms with E-state index >= 15 is 0 Å². The number of likely N-dealkylation sites (tertiary alicyclic amines) is 1. The first-order valence-corrected chi connectivity index (χ1v) is 32.7. The summed E-state index contributed by atoms with van der Waals surface area (Å²) in [5.74, 6) is 1.46. The Labute approximate surface area is 562 Å². The number of ether oxygens (including phenoxy) is 3. The molecule has 1 aliphatic heterocycles. The number of halogens is 1. The summed E-state index contributed by atoms with van der Waals surface area (Å²) < 4.78 is 35.9. The van der Waals surface area contributed by atoms with Gasteiger partial charge >= 0.3 is 17.9 Å². The Morgan fingerprint density at radius 2 is 0.990 bits per heavy atom. The number of carbonyl (C=O) groups excluding carboxylic acids is 1. The number of thiophene rings is 3. The van der Waals surface area contributed by atoms with Gasteiger partial charge in [-0.05, 0) is 186 Å². The third-order valence-electron chi connectivity index (χ3n) is 15.4. The van der Waals surface area contributed by atoms with Crippen LogP contribution in [0.4, 0.5) is 4.39 Å². The molecule has 1 amide bonds. The van der Waals surface area contributed by atoms with Crippen LogP contribution in [-0.4, -0.2) is 70.9 Å². The van der Waals surface area contributed by atoms with Gasteiger partial charge in [0.25, 0.3) is 0 Å². The van der Waals surface area contributed by atoms with E-state index in [1.807, 2.05) is 55.5 Å². The summed E-state index contributed by atoms with van der Waals surface area (Å²) >= 11 is 4.54. The maximum Gasteiger partial charge on any atom is 0.328 e. The number of carbonyl (C=O) groups is 4. The van der Waals surface area contributed by atoms with E-state index in [9.17, 15) is 38.9 Å². The number of carboxylic acid groups (broad SMARTS) is 3. The zero-order chi connectivity index (χ0) is 67.6. The minimum atomic E-state index is -1.03. The number of phenolic OH excluding ortho intramolecular Hbond substituents is 3. The molecule has 0 saturated carbocycles. The van der Waals surface area contributed by atoms with Crippen molar-refractivity contribution in [2.45, 2.75) is 46.1 Å². The number of aromatic hydroxyl groups is 3. The lowest BCUT2D eigenvalue weighted by Gasteiger charge is -2.18. The fraction of sp³-hybridized carbons (Fsp3) is 0.104. The molecule has 12 aromatic rings. The average molecular weight is 1340 g/mol. The van der Waals surface area contributed by atoms with Crippen molar-refractivity contribution in [3.63, 3.8) is 0 Å². The van der Waals surface area contributed by atoms with Crippen molar-refractivity contribution < 1.29 is 68.4 Å². The van der Waals surface area contributed by atoms with Crippen LogP contribution >= 0.6 is 34.0 Å². The highest BCUT2D eigenvalue weighted by atomic mass is 32.1. The van der Waals surface area contributed by atoms with Crippen molar-refractivity contribution in [3.8, 4) is 83.1 Å². The van der Waals surface area contributed by atoms with Crippen LogP contribution in [0.25, 0.3) is 79.8 Å². The quantitative estimate of drug-likeness (QED) is 0.0439. The number of fused-ring (bicyclic) bond motifs is 3. The minimum absolute atomic E-state index is 0.0555. The van der Waals surface area contributed by atoms with Gasteiger partial charge in [0.2, 0.25) is 5.91 Å². The molecule has 0 spiro atoms. The van der Waals surface area contributed by atoms with E-state index in [-0.39, 0.29) is 29.0 Å². The summed E-state index contributed by atoms with van der Waals surface area (Å²) in [5, 5.41) is 58.8. The summed E-state index contributed by atoms with van der Waals surface area (Å²) in [7, 11) is 0. The van der Waals surface area contributed by atoms with E-state index < -0.39 is 17.9 Å². The first-order valence-electron chi connectivity index (χ1n) is 30.2. The minimum Gasteiger partial charge on any atom is -0.508 e. The topological polar surface area (TPSA) is 233 Å².